The molecule has 2 aliphatic rings. The SMILES string of the molecule is COc1cc2ncnc(N3CC4CC(C3)N(S(=O)(=O)NC(=O)OC(C)(C)C)C4)c2cc1OC. The number of nitrogens with zero attached hydrogens (tertiary/aromatic N) is 4. The molecule has 1 aromatic carbocycles. The van der Waals surface area contributed by atoms with Gasteiger partial charge < -0.3 is 19.1 Å². The molecule has 3 heterocycles. The molecule has 0 spiro atoms. The lowest BCUT2D eigenvalue weighted by Gasteiger charge is -2.33. The lowest BCUT2D eigenvalue weighted by molar-refractivity contribution is 0.0567. The van der Waals surface area contributed by atoms with Crippen LogP contribution in [0.3, 0.4) is 0 Å². The summed E-state index contributed by atoms with van der Waals surface area (Å²) < 4.78 is 45.2. The number of hydrogen-bond donors (Lipinski definition) is 1. The number of fused-ring (bicyclic) bond motifs is 3. The second-order valence-electron chi connectivity index (χ2n) is 9.26. The summed E-state index contributed by atoms with van der Waals surface area (Å²) in [5.74, 6) is 1.93. The maximum absolute atomic E-state index is 12.9. The maximum Gasteiger partial charge on any atom is 0.422 e. The summed E-state index contributed by atoms with van der Waals surface area (Å²) in [6, 6.07) is 3.33. The van der Waals surface area contributed by atoms with E-state index in [2.05, 4.69) is 14.9 Å². The van der Waals surface area contributed by atoms with E-state index in [0.29, 0.717) is 48.9 Å². The number of methoxy groups -OCH3 is 2. The number of anilines is 1. The van der Waals surface area contributed by atoms with Crippen molar-refractivity contribution in [2.75, 3.05) is 38.8 Å². The fourth-order valence-corrected chi connectivity index (χ4v) is 5.79. The van der Waals surface area contributed by atoms with E-state index in [-0.39, 0.29) is 12.0 Å². The van der Waals surface area contributed by atoms with E-state index < -0.39 is 21.9 Å². The molecule has 0 aliphatic carbocycles. The molecular weight excluding hydrogens is 450 g/mol. The molecule has 33 heavy (non-hydrogen) atoms. The van der Waals surface area contributed by atoms with Crippen molar-refractivity contribution in [2.45, 2.75) is 38.8 Å². The number of hydrogen-bond acceptors (Lipinski definition) is 9. The van der Waals surface area contributed by atoms with Gasteiger partial charge in [0.2, 0.25) is 0 Å². The Morgan fingerprint density at radius 2 is 1.79 bits per heavy atom. The van der Waals surface area contributed by atoms with Crippen molar-refractivity contribution in [3.63, 3.8) is 0 Å². The zero-order valence-electron chi connectivity index (χ0n) is 19.4. The molecule has 0 saturated carbocycles. The lowest BCUT2D eigenvalue weighted by atomic mass is 9.99. The summed E-state index contributed by atoms with van der Waals surface area (Å²) in [7, 11) is -0.913. The highest BCUT2D eigenvalue weighted by Crippen LogP contribution is 2.38. The van der Waals surface area contributed by atoms with Crippen LogP contribution in [0.1, 0.15) is 27.2 Å². The van der Waals surface area contributed by atoms with Crippen molar-refractivity contribution in [2.24, 2.45) is 5.92 Å². The zero-order chi connectivity index (χ0) is 24.0. The Bertz CT molecular complexity index is 1170. The summed E-state index contributed by atoms with van der Waals surface area (Å²) in [5, 5.41) is 0.790. The summed E-state index contributed by atoms with van der Waals surface area (Å²) in [5.41, 5.74) is -0.0959. The molecule has 2 unspecified atom stereocenters. The van der Waals surface area contributed by atoms with Gasteiger partial charge in [-0.2, -0.15) is 12.7 Å². The van der Waals surface area contributed by atoms with Gasteiger partial charge in [-0.05, 0) is 39.2 Å². The minimum Gasteiger partial charge on any atom is -0.493 e. The summed E-state index contributed by atoms with van der Waals surface area (Å²) in [6.45, 7) is 6.42. The Labute approximate surface area is 193 Å². The first-order valence-corrected chi connectivity index (χ1v) is 12.1. The molecule has 2 atom stereocenters. The monoisotopic (exact) mass is 479 g/mol. The van der Waals surface area contributed by atoms with Gasteiger partial charge in [-0.1, -0.05) is 0 Å². The number of carbonyl (C=O) groups excluding carboxylic acids is 1. The number of benzene rings is 1. The molecule has 4 rings (SSSR count). The summed E-state index contributed by atoms with van der Waals surface area (Å²) in [4.78, 5) is 23.0. The Morgan fingerprint density at radius 1 is 1.09 bits per heavy atom. The van der Waals surface area contributed by atoms with Crippen molar-refractivity contribution >= 4 is 33.0 Å². The first-order chi connectivity index (χ1) is 15.5. The van der Waals surface area contributed by atoms with Crippen LogP contribution in [0.2, 0.25) is 0 Å². The van der Waals surface area contributed by atoms with Gasteiger partial charge in [-0.15, -0.1) is 0 Å². The van der Waals surface area contributed by atoms with Crippen LogP contribution in [0.15, 0.2) is 18.5 Å². The van der Waals surface area contributed by atoms with Crippen LogP contribution in [-0.4, -0.2) is 74.3 Å². The maximum atomic E-state index is 12.9. The van der Waals surface area contributed by atoms with E-state index in [1.807, 2.05) is 10.8 Å². The van der Waals surface area contributed by atoms with Crippen molar-refractivity contribution in [3.8, 4) is 11.5 Å². The number of rotatable bonds is 5. The fourth-order valence-electron chi connectivity index (χ4n) is 4.47. The van der Waals surface area contributed by atoms with Gasteiger partial charge in [-0.25, -0.2) is 19.5 Å². The third-order valence-electron chi connectivity index (χ3n) is 5.70. The Kier molecular flexibility index (Phi) is 5.99. The quantitative estimate of drug-likeness (QED) is 0.685. The summed E-state index contributed by atoms with van der Waals surface area (Å²) >= 11 is 0. The van der Waals surface area contributed by atoms with Crippen LogP contribution in [-0.2, 0) is 14.9 Å². The second-order valence-corrected chi connectivity index (χ2v) is 10.9. The molecule has 2 bridgehead atoms. The molecule has 2 aliphatic heterocycles. The first kappa shape index (κ1) is 23.3. The van der Waals surface area contributed by atoms with Crippen molar-refractivity contribution in [3.05, 3.63) is 18.5 Å². The van der Waals surface area contributed by atoms with Crippen LogP contribution in [0.4, 0.5) is 10.6 Å². The number of ether oxygens (including phenoxy) is 3. The molecule has 12 heteroatoms. The van der Waals surface area contributed by atoms with Gasteiger partial charge in [-0.3, -0.25) is 0 Å². The van der Waals surface area contributed by atoms with Crippen molar-refractivity contribution in [1.29, 1.82) is 0 Å². The largest absolute Gasteiger partial charge is 0.493 e. The molecule has 2 fully saturated rings. The van der Waals surface area contributed by atoms with Crippen LogP contribution >= 0.6 is 0 Å². The fraction of sp³-hybridized carbons (Fsp3) is 0.571. The third-order valence-corrected chi connectivity index (χ3v) is 7.19. The molecular formula is C21H29N5O6S. The molecule has 1 N–H and O–H groups in total. The Balaban J connectivity index is 1.58. The smallest absolute Gasteiger partial charge is 0.422 e. The normalized spacial score (nSPS) is 21.2. The van der Waals surface area contributed by atoms with Gasteiger partial charge in [0.15, 0.2) is 11.5 Å². The second kappa shape index (κ2) is 8.49. The Hall–Kier alpha value is -2.86. The topological polar surface area (TPSA) is 123 Å². The predicted octanol–water partition coefficient (Wildman–Crippen LogP) is 1.93. The zero-order valence-corrected chi connectivity index (χ0v) is 20.2. The number of carbonyl (C=O) groups is 1. The molecule has 2 aromatic rings. The lowest BCUT2D eigenvalue weighted by Crippen LogP contribution is -2.49. The third kappa shape index (κ3) is 4.76. The number of piperidine rings is 1. The van der Waals surface area contributed by atoms with E-state index in [1.165, 1.54) is 10.6 Å². The molecule has 1 amide bonds. The van der Waals surface area contributed by atoms with Crippen molar-refractivity contribution in [1.82, 2.24) is 19.0 Å². The number of aromatic nitrogens is 2. The first-order valence-electron chi connectivity index (χ1n) is 10.6. The van der Waals surface area contributed by atoms with Gasteiger partial charge in [0, 0.05) is 37.1 Å². The van der Waals surface area contributed by atoms with E-state index in [0.717, 1.165) is 5.39 Å². The van der Waals surface area contributed by atoms with Crippen molar-refractivity contribution < 1.29 is 27.4 Å². The molecule has 180 valence electrons. The van der Waals surface area contributed by atoms with Crippen LogP contribution in [0.25, 0.3) is 10.9 Å². The predicted molar refractivity (Wildman–Crippen MR) is 122 cm³/mol. The van der Waals surface area contributed by atoms with E-state index in [9.17, 15) is 13.2 Å². The molecule has 2 saturated heterocycles. The number of nitrogens with one attached hydrogen (secondary N) is 1. The number of amides is 1. The van der Waals surface area contributed by atoms with Gasteiger partial charge >= 0.3 is 16.3 Å². The molecule has 11 nitrogen and oxygen atoms in total. The standard InChI is InChI=1S/C21H29N5O6S/c1-21(2,3)32-20(27)24-33(28,29)26-10-13-6-14(26)11-25(9-13)19-15-7-17(30-4)18(31-5)8-16(15)22-12-23-19/h7-8,12-14H,6,9-11H2,1-5H3,(H,24,27). The van der Waals surface area contributed by atoms with Crippen LogP contribution in [0.5, 0.6) is 11.5 Å². The highest BCUT2D eigenvalue weighted by Gasteiger charge is 2.45. The van der Waals surface area contributed by atoms with Crippen LogP contribution in [0, 0.1) is 5.92 Å². The van der Waals surface area contributed by atoms with Gasteiger partial charge in [0.25, 0.3) is 0 Å². The van der Waals surface area contributed by atoms with Crippen LogP contribution < -0.4 is 19.1 Å². The van der Waals surface area contributed by atoms with E-state index in [1.54, 1.807) is 41.1 Å². The Morgan fingerprint density at radius 3 is 2.45 bits per heavy atom. The molecule has 1 aromatic heterocycles. The highest BCUT2D eigenvalue weighted by molar-refractivity contribution is 7.87. The minimum absolute atomic E-state index is 0.101. The van der Waals surface area contributed by atoms with Gasteiger partial charge in [0.1, 0.15) is 17.7 Å². The van der Waals surface area contributed by atoms with E-state index >= 15 is 0 Å². The van der Waals surface area contributed by atoms with E-state index in [4.69, 9.17) is 14.2 Å². The average Bonchev–Trinajstić information content (AvgIpc) is 3.04. The highest BCUT2D eigenvalue weighted by atomic mass is 32.2. The van der Waals surface area contributed by atoms with Gasteiger partial charge in [0.05, 0.1) is 19.7 Å². The summed E-state index contributed by atoms with van der Waals surface area (Å²) in [6.07, 6.45) is 1.22. The average molecular weight is 480 g/mol. The molecule has 0 radical (unpaired) electrons. The minimum atomic E-state index is -4.04.